The molecule has 4 rings (SSSR count). The van der Waals surface area contributed by atoms with Gasteiger partial charge in [-0.3, -0.25) is 19.8 Å². The van der Waals surface area contributed by atoms with Crippen molar-refractivity contribution in [2.24, 2.45) is 28.4 Å². The van der Waals surface area contributed by atoms with Crippen molar-refractivity contribution >= 4 is 23.6 Å². The van der Waals surface area contributed by atoms with Gasteiger partial charge in [0.15, 0.2) is 0 Å². The molecule has 4 N–H and O–H groups in total. The zero-order chi connectivity index (χ0) is 25.9. The average Bonchev–Trinajstić information content (AvgIpc) is 3.02. The first kappa shape index (κ1) is 25.2. The Morgan fingerprint density at radius 1 is 1.23 bits per heavy atom. The summed E-state index contributed by atoms with van der Waals surface area (Å²) in [7, 11) is 0. The van der Waals surface area contributed by atoms with E-state index in [1.807, 2.05) is 4.90 Å². The molecule has 3 unspecified atom stereocenters. The lowest BCUT2D eigenvalue weighted by atomic mass is 9.77. The van der Waals surface area contributed by atoms with E-state index in [2.05, 4.69) is 20.8 Å². The highest BCUT2D eigenvalue weighted by atomic mass is 19.4. The van der Waals surface area contributed by atoms with Crippen molar-refractivity contribution in [3.8, 4) is 0 Å². The van der Waals surface area contributed by atoms with Crippen LogP contribution in [0.25, 0.3) is 0 Å². The van der Waals surface area contributed by atoms with Gasteiger partial charge in [0.2, 0.25) is 5.91 Å². The van der Waals surface area contributed by atoms with E-state index in [1.165, 1.54) is 17.4 Å². The van der Waals surface area contributed by atoms with Crippen LogP contribution in [0.1, 0.15) is 74.4 Å². The van der Waals surface area contributed by atoms with Gasteiger partial charge in [0.1, 0.15) is 5.84 Å². The van der Waals surface area contributed by atoms with Gasteiger partial charge in [0, 0.05) is 29.6 Å². The number of nitrogens with zero attached hydrogens (tertiary/aromatic N) is 1. The summed E-state index contributed by atoms with van der Waals surface area (Å²) >= 11 is 0. The van der Waals surface area contributed by atoms with Crippen LogP contribution in [-0.4, -0.2) is 40.7 Å². The van der Waals surface area contributed by atoms with Gasteiger partial charge in [-0.2, -0.15) is 13.2 Å². The molecule has 1 aromatic carbocycles. The lowest BCUT2D eigenvalue weighted by molar-refractivity contribution is -0.171. The molecule has 3 amide bonds. The standard InChI is InChI=1S/C25H31F3N4O3/c1-23(2)18(20(30)33)24(23,3)11-13-5-4-6-16(9-13)32-12-15-8-7-14(10-17(15)21(32)34)19(29)31-22(35)25(26,27)28/h7-8,10,13,16,18H,4-6,9,11-12H2,1-3H3,(H2,30,33)(H2,29,31,35)/t13?,16-,18?,24?/m1/s1. The van der Waals surface area contributed by atoms with E-state index in [0.29, 0.717) is 18.0 Å². The molecule has 1 heterocycles. The summed E-state index contributed by atoms with van der Waals surface area (Å²) < 4.78 is 37.5. The van der Waals surface area contributed by atoms with Gasteiger partial charge in [-0.05, 0) is 47.6 Å². The maximum absolute atomic E-state index is 13.2. The Kier molecular flexibility index (Phi) is 6.00. The number of amidine groups is 1. The molecule has 190 valence electrons. The summed E-state index contributed by atoms with van der Waals surface area (Å²) in [6.45, 7) is 6.68. The Balaban J connectivity index is 1.43. The monoisotopic (exact) mass is 492 g/mol. The Morgan fingerprint density at radius 3 is 2.51 bits per heavy atom. The van der Waals surface area contributed by atoms with Crippen LogP contribution in [0.4, 0.5) is 13.2 Å². The number of nitrogens with two attached hydrogens (primary N) is 1. The van der Waals surface area contributed by atoms with Gasteiger partial charge in [0.25, 0.3) is 5.91 Å². The predicted octanol–water partition coefficient (Wildman–Crippen LogP) is 3.74. The van der Waals surface area contributed by atoms with Crippen LogP contribution in [0.3, 0.4) is 0 Å². The molecule has 4 atom stereocenters. The second-order valence-electron chi connectivity index (χ2n) is 11.0. The number of alkyl halides is 3. The molecule has 2 aliphatic carbocycles. The Bertz CT molecular complexity index is 1100. The number of nitrogens with one attached hydrogen (secondary N) is 2. The number of halogens is 3. The van der Waals surface area contributed by atoms with Crippen molar-refractivity contribution in [3.05, 3.63) is 34.9 Å². The van der Waals surface area contributed by atoms with E-state index in [1.54, 1.807) is 6.07 Å². The van der Waals surface area contributed by atoms with Crippen LogP contribution in [0, 0.1) is 28.1 Å². The number of primary amides is 1. The molecule has 10 heteroatoms. The zero-order valence-electron chi connectivity index (χ0n) is 20.1. The number of hydrogen-bond donors (Lipinski definition) is 3. The summed E-state index contributed by atoms with van der Waals surface area (Å²) in [6, 6.07) is 4.47. The average molecular weight is 493 g/mol. The summed E-state index contributed by atoms with van der Waals surface area (Å²) in [5, 5.41) is 9.35. The molecule has 2 fully saturated rings. The minimum Gasteiger partial charge on any atom is -0.369 e. The first-order valence-corrected chi connectivity index (χ1v) is 11.9. The Morgan fingerprint density at radius 2 is 1.91 bits per heavy atom. The summed E-state index contributed by atoms with van der Waals surface area (Å²) in [4.78, 5) is 38.1. The molecule has 1 aliphatic heterocycles. The molecular weight excluding hydrogens is 461 g/mol. The molecule has 1 aromatic rings. The third-order valence-corrected chi connectivity index (χ3v) is 8.67. The maximum atomic E-state index is 13.2. The van der Waals surface area contributed by atoms with Crippen LogP contribution < -0.4 is 11.1 Å². The van der Waals surface area contributed by atoms with E-state index >= 15 is 0 Å². The number of carbonyl (C=O) groups excluding carboxylic acids is 3. The SMILES string of the molecule is CC1(C)C(C(N)=O)C1(C)CC1CCC[C@@H](N2Cc3ccc(C(=N)NC(=O)C(F)(F)F)cc3C2=O)C1. The van der Waals surface area contributed by atoms with Crippen molar-refractivity contribution in [1.29, 1.82) is 5.41 Å². The van der Waals surface area contributed by atoms with E-state index < -0.39 is 17.9 Å². The van der Waals surface area contributed by atoms with Gasteiger partial charge < -0.3 is 16.0 Å². The molecule has 3 aliphatic rings. The second-order valence-corrected chi connectivity index (χ2v) is 11.0. The van der Waals surface area contributed by atoms with Crippen molar-refractivity contribution in [1.82, 2.24) is 10.2 Å². The first-order valence-electron chi connectivity index (χ1n) is 11.9. The molecule has 0 radical (unpaired) electrons. The molecule has 0 aromatic heterocycles. The normalized spacial score (nSPS) is 29.5. The number of carbonyl (C=O) groups is 3. The lowest BCUT2D eigenvalue weighted by Crippen LogP contribution is -2.40. The maximum Gasteiger partial charge on any atom is 0.471 e. The summed E-state index contributed by atoms with van der Waals surface area (Å²) in [6.07, 6.45) is -0.548. The largest absolute Gasteiger partial charge is 0.471 e. The van der Waals surface area contributed by atoms with Crippen molar-refractivity contribution in [2.45, 2.75) is 71.6 Å². The van der Waals surface area contributed by atoms with Gasteiger partial charge in [0.05, 0.1) is 0 Å². The highest BCUT2D eigenvalue weighted by Crippen LogP contribution is 2.71. The van der Waals surface area contributed by atoms with Crippen LogP contribution in [0.15, 0.2) is 18.2 Å². The molecule has 7 nitrogen and oxygen atoms in total. The predicted molar refractivity (Wildman–Crippen MR) is 122 cm³/mol. The fourth-order valence-corrected chi connectivity index (χ4v) is 6.48. The number of rotatable bonds is 5. The fourth-order valence-electron chi connectivity index (χ4n) is 6.48. The minimum atomic E-state index is -5.10. The van der Waals surface area contributed by atoms with Gasteiger partial charge in [-0.25, -0.2) is 0 Å². The van der Waals surface area contributed by atoms with Crippen LogP contribution in [-0.2, 0) is 16.1 Å². The third kappa shape index (κ3) is 4.31. The van der Waals surface area contributed by atoms with Crippen molar-refractivity contribution in [2.75, 3.05) is 0 Å². The minimum absolute atomic E-state index is 0.0268. The van der Waals surface area contributed by atoms with Gasteiger partial charge >= 0.3 is 12.1 Å². The quantitative estimate of drug-likeness (QED) is 0.429. The molecule has 2 saturated carbocycles. The number of amides is 3. The first-order chi connectivity index (χ1) is 16.2. The smallest absolute Gasteiger partial charge is 0.369 e. The van der Waals surface area contributed by atoms with E-state index in [0.717, 1.165) is 37.7 Å². The van der Waals surface area contributed by atoms with Crippen LogP contribution in [0.5, 0.6) is 0 Å². The van der Waals surface area contributed by atoms with Crippen molar-refractivity contribution < 1.29 is 27.6 Å². The van der Waals surface area contributed by atoms with E-state index in [4.69, 9.17) is 11.1 Å². The van der Waals surface area contributed by atoms with Crippen LogP contribution >= 0.6 is 0 Å². The second kappa shape index (κ2) is 8.34. The molecule has 0 saturated heterocycles. The van der Waals surface area contributed by atoms with Gasteiger partial charge in [-0.1, -0.05) is 45.7 Å². The Hall–Kier alpha value is -2.91. The molecule has 0 bridgehead atoms. The number of fused-ring (bicyclic) bond motifs is 1. The zero-order valence-corrected chi connectivity index (χ0v) is 20.1. The van der Waals surface area contributed by atoms with E-state index in [9.17, 15) is 27.6 Å². The molecular formula is C25H31F3N4O3. The molecule has 0 spiro atoms. The number of benzene rings is 1. The summed E-state index contributed by atoms with van der Waals surface area (Å²) in [5.41, 5.74) is 6.48. The van der Waals surface area contributed by atoms with Gasteiger partial charge in [-0.15, -0.1) is 0 Å². The topological polar surface area (TPSA) is 116 Å². The highest BCUT2D eigenvalue weighted by molar-refractivity contribution is 6.09. The Labute approximate surface area is 202 Å². The van der Waals surface area contributed by atoms with Crippen LogP contribution in [0.2, 0.25) is 0 Å². The van der Waals surface area contributed by atoms with Crippen molar-refractivity contribution in [3.63, 3.8) is 0 Å². The lowest BCUT2D eigenvalue weighted by Gasteiger charge is -2.36. The molecule has 35 heavy (non-hydrogen) atoms. The number of hydrogen-bond acceptors (Lipinski definition) is 4. The third-order valence-electron chi connectivity index (χ3n) is 8.67. The highest BCUT2D eigenvalue weighted by Gasteiger charge is 2.70. The van der Waals surface area contributed by atoms with E-state index in [-0.39, 0.29) is 40.2 Å². The fraction of sp³-hybridized carbons (Fsp3) is 0.600. The summed E-state index contributed by atoms with van der Waals surface area (Å²) in [5.74, 6) is -3.20.